The Bertz CT molecular complexity index is 806. The van der Waals surface area contributed by atoms with Crippen LogP contribution in [0.3, 0.4) is 0 Å². The van der Waals surface area contributed by atoms with Crippen LogP contribution < -0.4 is 0 Å². The van der Waals surface area contributed by atoms with Crippen molar-refractivity contribution < 1.29 is 0 Å². The van der Waals surface area contributed by atoms with Crippen LogP contribution in [-0.2, 0) is 6.42 Å². The third kappa shape index (κ3) is 2.66. The number of imidazole rings is 1. The van der Waals surface area contributed by atoms with Gasteiger partial charge in [0.1, 0.15) is 5.82 Å². The van der Waals surface area contributed by atoms with Crippen LogP contribution in [0.25, 0.3) is 16.7 Å². The van der Waals surface area contributed by atoms with Crippen LogP contribution in [0.4, 0.5) is 0 Å². The van der Waals surface area contributed by atoms with Crippen molar-refractivity contribution in [2.24, 2.45) is 0 Å². The molecule has 0 spiro atoms. The number of halogens is 2. The zero-order valence-corrected chi connectivity index (χ0v) is 13.5. The molecular weight excluding hydrogens is 303 g/mol. The standard InChI is InChI=1S/C17H16Cl2N2/c1-11-3-5-15(13(19)9-11)21-16-6-4-12(2)10-14(16)20-17(21)7-8-18/h3-6,9-10H,7-8H2,1-2H3. The van der Waals surface area contributed by atoms with E-state index in [1.807, 2.05) is 19.1 Å². The lowest BCUT2D eigenvalue weighted by molar-refractivity contribution is 0.912. The van der Waals surface area contributed by atoms with Crippen molar-refractivity contribution >= 4 is 34.2 Å². The maximum absolute atomic E-state index is 6.44. The smallest absolute Gasteiger partial charge is 0.115 e. The van der Waals surface area contributed by atoms with E-state index >= 15 is 0 Å². The molecule has 0 bridgehead atoms. The maximum Gasteiger partial charge on any atom is 0.115 e. The van der Waals surface area contributed by atoms with Gasteiger partial charge in [-0.3, -0.25) is 4.57 Å². The van der Waals surface area contributed by atoms with Gasteiger partial charge in [0.05, 0.1) is 21.7 Å². The van der Waals surface area contributed by atoms with E-state index in [2.05, 4.69) is 35.8 Å². The van der Waals surface area contributed by atoms with E-state index in [1.54, 1.807) is 0 Å². The summed E-state index contributed by atoms with van der Waals surface area (Å²) in [5, 5.41) is 0.727. The predicted octanol–water partition coefficient (Wildman–Crippen LogP) is 5.08. The molecule has 0 amide bonds. The lowest BCUT2D eigenvalue weighted by Crippen LogP contribution is -2.03. The summed E-state index contributed by atoms with van der Waals surface area (Å²) in [6.45, 7) is 4.10. The number of aromatic nitrogens is 2. The topological polar surface area (TPSA) is 17.8 Å². The first-order valence-electron chi connectivity index (χ1n) is 6.90. The van der Waals surface area contributed by atoms with Gasteiger partial charge in [0.25, 0.3) is 0 Å². The molecule has 0 atom stereocenters. The molecule has 1 aromatic heterocycles. The van der Waals surface area contributed by atoms with Crippen molar-refractivity contribution in [2.45, 2.75) is 20.3 Å². The summed E-state index contributed by atoms with van der Waals surface area (Å²) < 4.78 is 2.11. The highest BCUT2D eigenvalue weighted by molar-refractivity contribution is 6.32. The van der Waals surface area contributed by atoms with Gasteiger partial charge < -0.3 is 0 Å². The predicted molar refractivity (Wildman–Crippen MR) is 90.0 cm³/mol. The minimum absolute atomic E-state index is 0.534. The van der Waals surface area contributed by atoms with Crippen molar-refractivity contribution in [3.63, 3.8) is 0 Å². The Balaban J connectivity index is 2.30. The number of rotatable bonds is 3. The van der Waals surface area contributed by atoms with Gasteiger partial charge in [-0.05, 0) is 49.2 Å². The molecule has 4 heteroatoms. The largest absolute Gasteiger partial charge is 0.295 e. The summed E-state index contributed by atoms with van der Waals surface area (Å²) in [5.41, 5.74) is 5.33. The van der Waals surface area contributed by atoms with Crippen molar-refractivity contribution in [2.75, 3.05) is 5.88 Å². The minimum Gasteiger partial charge on any atom is -0.295 e. The van der Waals surface area contributed by atoms with Crippen molar-refractivity contribution in [1.29, 1.82) is 0 Å². The molecule has 0 aliphatic carbocycles. The van der Waals surface area contributed by atoms with Crippen molar-refractivity contribution in [3.8, 4) is 5.69 Å². The minimum atomic E-state index is 0.534. The van der Waals surface area contributed by atoms with E-state index < -0.39 is 0 Å². The fourth-order valence-electron chi connectivity index (χ4n) is 2.55. The van der Waals surface area contributed by atoms with E-state index in [0.29, 0.717) is 12.3 Å². The summed E-state index contributed by atoms with van der Waals surface area (Å²) in [7, 11) is 0. The van der Waals surface area contributed by atoms with E-state index in [9.17, 15) is 0 Å². The van der Waals surface area contributed by atoms with E-state index in [-0.39, 0.29) is 0 Å². The van der Waals surface area contributed by atoms with Crippen molar-refractivity contribution in [1.82, 2.24) is 9.55 Å². The highest BCUT2D eigenvalue weighted by Gasteiger charge is 2.14. The fraction of sp³-hybridized carbons (Fsp3) is 0.235. The Morgan fingerprint density at radius 3 is 2.48 bits per heavy atom. The van der Waals surface area contributed by atoms with Crippen molar-refractivity contribution in [3.05, 3.63) is 58.4 Å². The molecule has 0 N–H and O–H groups in total. The number of hydrogen-bond donors (Lipinski definition) is 0. The molecule has 108 valence electrons. The molecule has 21 heavy (non-hydrogen) atoms. The van der Waals surface area contributed by atoms with Crippen LogP contribution in [0.2, 0.25) is 5.02 Å². The van der Waals surface area contributed by atoms with E-state index in [0.717, 1.165) is 33.1 Å². The van der Waals surface area contributed by atoms with Gasteiger partial charge >= 0.3 is 0 Å². The van der Waals surface area contributed by atoms with Crippen LogP contribution in [0.15, 0.2) is 36.4 Å². The van der Waals surface area contributed by atoms with Gasteiger partial charge in [-0.1, -0.05) is 23.7 Å². The Hall–Kier alpha value is -1.51. The van der Waals surface area contributed by atoms with Gasteiger partial charge in [0.2, 0.25) is 0 Å². The highest BCUT2D eigenvalue weighted by Crippen LogP contribution is 2.28. The molecule has 0 unspecified atom stereocenters. The monoisotopic (exact) mass is 318 g/mol. The number of fused-ring (bicyclic) bond motifs is 1. The number of benzene rings is 2. The molecule has 3 rings (SSSR count). The lowest BCUT2D eigenvalue weighted by Gasteiger charge is -2.11. The number of alkyl halides is 1. The second-order valence-electron chi connectivity index (χ2n) is 5.25. The molecule has 3 aromatic rings. The molecule has 2 nitrogen and oxygen atoms in total. The summed E-state index contributed by atoms with van der Waals surface area (Å²) in [6, 6.07) is 12.3. The van der Waals surface area contributed by atoms with E-state index in [4.69, 9.17) is 28.2 Å². The third-order valence-corrected chi connectivity index (χ3v) is 4.03. The zero-order valence-electron chi connectivity index (χ0n) is 12.0. The molecule has 0 fully saturated rings. The fourth-order valence-corrected chi connectivity index (χ4v) is 3.04. The highest BCUT2D eigenvalue weighted by atomic mass is 35.5. The number of aryl methyl sites for hydroxylation is 3. The summed E-state index contributed by atoms with van der Waals surface area (Å²) in [4.78, 5) is 4.72. The first-order chi connectivity index (χ1) is 10.1. The summed E-state index contributed by atoms with van der Waals surface area (Å²) >= 11 is 12.4. The van der Waals surface area contributed by atoms with Crippen LogP contribution in [0.1, 0.15) is 17.0 Å². The van der Waals surface area contributed by atoms with Gasteiger partial charge in [0, 0.05) is 12.3 Å². The average molecular weight is 319 g/mol. The molecular formula is C17H16Cl2N2. The molecule has 0 saturated heterocycles. The molecule has 1 heterocycles. The lowest BCUT2D eigenvalue weighted by atomic mass is 10.2. The van der Waals surface area contributed by atoms with Gasteiger partial charge in [-0.25, -0.2) is 4.98 Å². The second-order valence-corrected chi connectivity index (χ2v) is 6.03. The first-order valence-corrected chi connectivity index (χ1v) is 7.82. The molecule has 2 aromatic carbocycles. The molecule has 0 saturated carbocycles. The summed E-state index contributed by atoms with van der Waals surface area (Å²) in [6.07, 6.45) is 0.708. The van der Waals surface area contributed by atoms with Crippen LogP contribution >= 0.6 is 23.2 Å². The van der Waals surface area contributed by atoms with Gasteiger partial charge in [-0.2, -0.15) is 0 Å². The molecule has 0 aliphatic heterocycles. The Morgan fingerprint density at radius 1 is 1.05 bits per heavy atom. The maximum atomic E-state index is 6.44. The normalized spacial score (nSPS) is 11.2. The van der Waals surface area contributed by atoms with Gasteiger partial charge in [0.15, 0.2) is 0 Å². The molecule has 0 aliphatic rings. The Labute approximate surface area is 134 Å². The van der Waals surface area contributed by atoms with E-state index in [1.165, 1.54) is 5.56 Å². The number of hydrogen-bond acceptors (Lipinski definition) is 1. The SMILES string of the molecule is Cc1ccc(-n2c(CCCl)nc3cc(C)ccc32)c(Cl)c1. The average Bonchev–Trinajstić information content (AvgIpc) is 2.76. The second kappa shape index (κ2) is 5.70. The third-order valence-electron chi connectivity index (χ3n) is 3.54. The van der Waals surface area contributed by atoms with Gasteiger partial charge in [-0.15, -0.1) is 11.6 Å². The first kappa shape index (κ1) is 14.4. The van der Waals surface area contributed by atoms with Crippen LogP contribution in [-0.4, -0.2) is 15.4 Å². The number of nitrogens with zero attached hydrogens (tertiary/aromatic N) is 2. The molecule has 0 radical (unpaired) electrons. The Morgan fingerprint density at radius 2 is 1.76 bits per heavy atom. The summed E-state index contributed by atoms with van der Waals surface area (Å²) in [5.74, 6) is 1.47. The zero-order chi connectivity index (χ0) is 15.0. The Kier molecular flexibility index (Phi) is 3.92. The quantitative estimate of drug-likeness (QED) is 0.616. The van der Waals surface area contributed by atoms with Crippen LogP contribution in [0.5, 0.6) is 0 Å². The van der Waals surface area contributed by atoms with Crippen LogP contribution in [0, 0.1) is 13.8 Å².